The first-order chi connectivity index (χ1) is 11.2. The van der Waals surface area contributed by atoms with Crippen LogP contribution in [0.3, 0.4) is 0 Å². The third-order valence-electron chi connectivity index (χ3n) is 4.59. The van der Waals surface area contributed by atoms with E-state index in [1.807, 2.05) is 20.8 Å². The number of alkyl halides is 3. The monoisotopic (exact) mass is 347 g/mol. The summed E-state index contributed by atoms with van der Waals surface area (Å²) in [6, 6.07) is -0.673. The largest absolute Gasteiger partial charge is 0.391 e. The summed E-state index contributed by atoms with van der Waals surface area (Å²) < 4.78 is 43.0. The Morgan fingerprint density at radius 3 is 2.42 bits per heavy atom. The molecular formula is C16H24F3N3O2. The molecule has 1 aliphatic rings. The number of amides is 2. The van der Waals surface area contributed by atoms with Crippen LogP contribution in [0.5, 0.6) is 0 Å². The summed E-state index contributed by atoms with van der Waals surface area (Å²) >= 11 is 0. The molecule has 1 atom stereocenters. The number of rotatable bonds is 4. The van der Waals surface area contributed by atoms with Crippen molar-refractivity contribution in [1.29, 1.82) is 0 Å². The Kier molecular flexibility index (Phi) is 5.77. The molecule has 0 spiro atoms. The fraction of sp³-hybridized carbons (Fsp3) is 0.750. The van der Waals surface area contributed by atoms with Gasteiger partial charge in [-0.15, -0.1) is 0 Å². The van der Waals surface area contributed by atoms with Gasteiger partial charge in [-0.1, -0.05) is 5.16 Å². The highest BCUT2D eigenvalue weighted by atomic mass is 19.4. The van der Waals surface area contributed by atoms with Gasteiger partial charge in [-0.3, -0.25) is 0 Å². The van der Waals surface area contributed by atoms with E-state index < -0.39 is 12.1 Å². The molecule has 0 aliphatic heterocycles. The van der Waals surface area contributed by atoms with E-state index in [9.17, 15) is 18.0 Å². The van der Waals surface area contributed by atoms with Gasteiger partial charge in [0.1, 0.15) is 5.76 Å². The zero-order valence-corrected chi connectivity index (χ0v) is 14.2. The summed E-state index contributed by atoms with van der Waals surface area (Å²) in [7, 11) is 0. The van der Waals surface area contributed by atoms with Crippen LogP contribution in [0.1, 0.15) is 49.6 Å². The number of carbonyl (C=O) groups is 1. The van der Waals surface area contributed by atoms with E-state index in [1.54, 1.807) is 0 Å². The van der Waals surface area contributed by atoms with Crippen molar-refractivity contribution in [2.75, 3.05) is 0 Å². The van der Waals surface area contributed by atoms with Gasteiger partial charge in [0.2, 0.25) is 0 Å². The summed E-state index contributed by atoms with van der Waals surface area (Å²) in [5, 5.41) is 9.47. The number of nitrogens with zero attached hydrogens (tertiary/aromatic N) is 1. The van der Waals surface area contributed by atoms with Gasteiger partial charge in [0.05, 0.1) is 11.6 Å². The summed E-state index contributed by atoms with van der Waals surface area (Å²) in [4.78, 5) is 12.0. The molecule has 0 saturated heterocycles. The van der Waals surface area contributed by atoms with Crippen LogP contribution in [0.15, 0.2) is 4.52 Å². The Balaban J connectivity index is 1.76. The van der Waals surface area contributed by atoms with E-state index in [4.69, 9.17) is 4.52 Å². The summed E-state index contributed by atoms with van der Waals surface area (Å²) in [6.45, 7) is 5.53. The molecule has 1 aromatic rings. The first-order valence-corrected chi connectivity index (χ1v) is 8.22. The lowest BCUT2D eigenvalue weighted by atomic mass is 9.85. The van der Waals surface area contributed by atoms with Gasteiger partial charge in [-0.25, -0.2) is 4.79 Å². The smallest absolute Gasteiger partial charge is 0.361 e. The van der Waals surface area contributed by atoms with Gasteiger partial charge in [0, 0.05) is 17.6 Å². The van der Waals surface area contributed by atoms with Crippen molar-refractivity contribution < 1.29 is 22.5 Å². The fourth-order valence-electron chi connectivity index (χ4n) is 3.17. The second kappa shape index (κ2) is 7.44. The fourth-order valence-corrected chi connectivity index (χ4v) is 3.17. The van der Waals surface area contributed by atoms with Gasteiger partial charge in [-0.2, -0.15) is 13.2 Å². The molecule has 136 valence electrons. The summed E-state index contributed by atoms with van der Waals surface area (Å²) in [6.07, 6.45) is -2.68. The number of aromatic nitrogens is 1. The molecule has 0 bridgehead atoms. The average Bonchev–Trinajstić information content (AvgIpc) is 2.78. The molecular weight excluding hydrogens is 323 g/mol. The number of nitrogens with one attached hydrogen (secondary N) is 2. The van der Waals surface area contributed by atoms with Gasteiger partial charge >= 0.3 is 12.2 Å². The van der Waals surface area contributed by atoms with E-state index in [0.717, 1.165) is 17.0 Å². The Morgan fingerprint density at radius 2 is 1.92 bits per heavy atom. The van der Waals surface area contributed by atoms with Crippen molar-refractivity contribution >= 4 is 6.03 Å². The van der Waals surface area contributed by atoms with Gasteiger partial charge in [0.25, 0.3) is 0 Å². The summed E-state index contributed by atoms with van der Waals surface area (Å²) in [5.41, 5.74) is 1.76. The molecule has 8 heteroatoms. The van der Waals surface area contributed by atoms with Crippen molar-refractivity contribution in [2.24, 2.45) is 5.92 Å². The molecule has 1 fully saturated rings. The molecule has 0 radical (unpaired) electrons. The Hall–Kier alpha value is -1.73. The lowest BCUT2D eigenvalue weighted by Crippen LogP contribution is -2.47. The minimum Gasteiger partial charge on any atom is -0.361 e. The SMILES string of the molecule is Cc1noc(C)c1C[C@@H](C)NC(=O)NC1CCC(C(F)(F)F)CC1. The zero-order valence-electron chi connectivity index (χ0n) is 14.2. The Bertz CT molecular complexity index is 544. The van der Waals surface area contributed by atoms with Gasteiger partial charge < -0.3 is 15.2 Å². The number of hydrogen-bond acceptors (Lipinski definition) is 3. The lowest BCUT2D eigenvalue weighted by Gasteiger charge is -2.30. The number of hydrogen-bond donors (Lipinski definition) is 2. The molecule has 5 nitrogen and oxygen atoms in total. The third-order valence-corrected chi connectivity index (χ3v) is 4.59. The van der Waals surface area contributed by atoms with Crippen LogP contribution < -0.4 is 10.6 Å². The number of urea groups is 1. The Morgan fingerprint density at radius 1 is 1.29 bits per heavy atom. The first-order valence-electron chi connectivity index (χ1n) is 8.22. The molecule has 2 amide bonds. The molecule has 1 aliphatic carbocycles. The van der Waals surface area contributed by atoms with Crippen LogP contribution in [0.4, 0.5) is 18.0 Å². The molecule has 0 unspecified atom stereocenters. The predicted octanol–water partition coefficient (Wildman–Crippen LogP) is 3.64. The minimum atomic E-state index is -4.13. The lowest BCUT2D eigenvalue weighted by molar-refractivity contribution is -0.182. The molecule has 24 heavy (non-hydrogen) atoms. The molecule has 1 aromatic heterocycles. The number of aryl methyl sites for hydroxylation is 2. The van der Waals surface area contributed by atoms with Crippen molar-refractivity contribution in [3.63, 3.8) is 0 Å². The third kappa shape index (κ3) is 4.88. The second-order valence-corrected chi connectivity index (χ2v) is 6.62. The molecule has 1 heterocycles. The molecule has 0 aromatic carbocycles. The van der Waals surface area contributed by atoms with Gasteiger partial charge in [-0.05, 0) is 52.9 Å². The van der Waals surface area contributed by atoms with Gasteiger partial charge in [0.15, 0.2) is 0 Å². The maximum absolute atomic E-state index is 12.6. The quantitative estimate of drug-likeness (QED) is 0.874. The van der Waals surface area contributed by atoms with Crippen LogP contribution in [0, 0.1) is 19.8 Å². The van der Waals surface area contributed by atoms with E-state index in [0.29, 0.717) is 19.3 Å². The Labute approximate surface area is 139 Å². The van der Waals surface area contributed by atoms with E-state index in [2.05, 4.69) is 15.8 Å². The van der Waals surface area contributed by atoms with Crippen LogP contribution in [-0.2, 0) is 6.42 Å². The second-order valence-electron chi connectivity index (χ2n) is 6.62. The predicted molar refractivity (Wildman–Crippen MR) is 82.6 cm³/mol. The maximum Gasteiger partial charge on any atom is 0.391 e. The van der Waals surface area contributed by atoms with E-state index >= 15 is 0 Å². The van der Waals surface area contributed by atoms with Crippen LogP contribution >= 0.6 is 0 Å². The van der Waals surface area contributed by atoms with Crippen molar-refractivity contribution in [3.8, 4) is 0 Å². The van der Waals surface area contributed by atoms with Crippen LogP contribution in [0.2, 0.25) is 0 Å². The van der Waals surface area contributed by atoms with E-state index in [1.165, 1.54) is 0 Å². The maximum atomic E-state index is 12.6. The molecule has 2 N–H and O–H groups in total. The topological polar surface area (TPSA) is 67.2 Å². The van der Waals surface area contributed by atoms with Crippen molar-refractivity contribution in [3.05, 3.63) is 17.0 Å². The van der Waals surface area contributed by atoms with Crippen molar-refractivity contribution in [1.82, 2.24) is 15.8 Å². The summed E-state index contributed by atoms with van der Waals surface area (Å²) in [5.74, 6) is -0.510. The zero-order chi connectivity index (χ0) is 17.9. The highest BCUT2D eigenvalue weighted by molar-refractivity contribution is 5.74. The average molecular weight is 347 g/mol. The van der Waals surface area contributed by atoms with E-state index in [-0.39, 0.29) is 31.0 Å². The van der Waals surface area contributed by atoms with Crippen LogP contribution in [-0.4, -0.2) is 29.4 Å². The molecule has 2 rings (SSSR count). The number of carbonyl (C=O) groups excluding carboxylic acids is 1. The first kappa shape index (κ1) is 18.6. The van der Waals surface area contributed by atoms with Crippen LogP contribution in [0.25, 0.3) is 0 Å². The number of halogens is 3. The normalized spacial score (nSPS) is 22.9. The standard InChI is InChI=1S/C16H24F3N3O2/c1-9(8-14-10(2)22-24-11(14)3)20-15(23)21-13-6-4-12(5-7-13)16(17,18)19/h9,12-13H,4-8H2,1-3H3,(H2,20,21,23)/t9-,12?,13?/m1/s1. The molecule has 1 saturated carbocycles. The van der Waals surface area contributed by atoms with Crippen molar-refractivity contribution in [2.45, 2.75) is 71.1 Å². The highest BCUT2D eigenvalue weighted by Gasteiger charge is 2.41. The highest BCUT2D eigenvalue weighted by Crippen LogP contribution is 2.37. The minimum absolute atomic E-state index is 0.0725.